The third-order valence-electron chi connectivity index (χ3n) is 3.79. The number of rotatable bonds is 5. The SMILES string of the molecule is CCNC(CN1CCCc2cc(C)ccc21)C(=O)OC. The summed E-state index contributed by atoms with van der Waals surface area (Å²) < 4.78 is 4.89. The number of benzene rings is 1. The van der Waals surface area contributed by atoms with E-state index in [2.05, 4.69) is 35.3 Å². The van der Waals surface area contributed by atoms with Crippen molar-refractivity contribution in [3.8, 4) is 0 Å². The quantitative estimate of drug-likeness (QED) is 0.834. The minimum absolute atomic E-state index is 0.189. The number of anilines is 1. The number of methoxy groups -OCH3 is 1. The molecule has 0 aromatic heterocycles. The maximum atomic E-state index is 11.8. The van der Waals surface area contributed by atoms with Crippen LogP contribution in [0.25, 0.3) is 0 Å². The van der Waals surface area contributed by atoms with Gasteiger partial charge in [0.05, 0.1) is 7.11 Å². The Morgan fingerprint density at radius 3 is 3.00 bits per heavy atom. The van der Waals surface area contributed by atoms with Crippen LogP contribution in [0.1, 0.15) is 24.5 Å². The Kier molecular flexibility index (Phi) is 5.01. The average molecular weight is 276 g/mol. The summed E-state index contributed by atoms with van der Waals surface area (Å²) in [5.41, 5.74) is 3.94. The van der Waals surface area contributed by atoms with Crippen molar-refractivity contribution < 1.29 is 9.53 Å². The smallest absolute Gasteiger partial charge is 0.324 e. The Bertz CT molecular complexity index is 474. The van der Waals surface area contributed by atoms with Crippen molar-refractivity contribution in [3.63, 3.8) is 0 Å². The number of fused-ring (bicyclic) bond motifs is 1. The van der Waals surface area contributed by atoms with Gasteiger partial charge in [-0.1, -0.05) is 24.6 Å². The lowest BCUT2D eigenvalue weighted by atomic mass is 9.99. The molecule has 0 aliphatic carbocycles. The maximum Gasteiger partial charge on any atom is 0.324 e. The highest BCUT2D eigenvalue weighted by atomic mass is 16.5. The zero-order chi connectivity index (χ0) is 14.5. The minimum Gasteiger partial charge on any atom is -0.468 e. The molecule has 0 bridgehead atoms. The highest BCUT2D eigenvalue weighted by Crippen LogP contribution is 2.28. The van der Waals surface area contributed by atoms with Gasteiger partial charge in [0.1, 0.15) is 6.04 Å². The highest BCUT2D eigenvalue weighted by molar-refractivity contribution is 5.76. The lowest BCUT2D eigenvalue weighted by molar-refractivity contribution is -0.142. The number of likely N-dealkylation sites (N-methyl/N-ethyl adjacent to an activating group) is 1. The zero-order valence-corrected chi connectivity index (χ0v) is 12.6. The van der Waals surface area contributed by atoms with E-state index in [-0.39, 0.29) is 12.0 Å². The summed E-state index contributed by atoms with van der Waals surface area (Å²) in [5.74, 6) is -0.189. The summed E-state index contributed by atoms with van der Waals surface area (Å²) in [6, 6.07) is 6.29. The molecule has 0 saturated heterocycles. The van der Waals surface area contributed by atoms with Gasteiger partial charge < -0.3 is 15.0 Å². The Morgan fingerprint density at radius 1 is 1.50 bits per heavy atom. The Balaban J connectivity index is 2.16. The van der Waals surface area contributed by atoms with E-state index in [0.717, 1.165) is 25.9 Å². The Labute approximate surface area is 121 Å². The number of hydrogen-bond donors (Lipinski definition) is 1. The van der Waals surface area contributed by atoms with Gasteiger partial charge in [-0.05, 0) is 37.9 Å². The van der Waals surface area contributed by atoms with Crippen LogP contribution in [0.5, 0.6) is 0 Å². The molecule has 1 N–H and O–H groups in total. The molecule has 0 amide bonds. The van der Waals surface area contributed by atoms with Crippen LogP contribution in [0.2, 0.25) is 0 Å². The second-order valence-electron chi connectivity index (χ2n) is 5.32. The van der Waals surface area contributed by atoms with Crippen LogP contribution in [-0.4, -0.2) is 38.8 Å². The third-order valence-corrected chi connectivity index (χ3v) is 3.79. The molecule has 1 unspecified atom stereocenters. The first-order valence-corrected chi connectivity index (χ1v) is 7.31. The average Bonchev–Trinajstić information content (AvgIpc) is 2.45. The van der Waals surface area contributed by atoms with E-state index in [9.17, 15) is 4.79 Å². The summed E-state index contributed by atoms with van der Waals surface area (Å²) >= 11 is 0. The van der Waals surface area contributed by atoms with Crippen LogP contribution < -0.4 is 10.2 Å². The lowest BCUT2D eigenvalue weighted by Crippen LogP contribution is -2.48. The molecule has 1 heterocycles. The molecule has 110 valence electrons. The Hall–Kier alpha value is -1.55. The highest BCUT2D eigenvalue weighted by Gasteiger charge is 2.24. The molecule has 4 nitrogen and oxygen atoms in total. The van der Waals surface area contributed by atoms with E-state index in [1.807, 2.05) is 6.92 Å². The van der Waals surface area contributed by atoms with E-state index < -0.39 is 0 Å². The van der Waals surface area contributed by atoms with Gasteiger partial charge in [-0.25, -0.2) is 0 Å². The second kappa shape index (κ2) is 6.75. The topological polar surface area (TPSA) is 41.6 Å². The van der Waals surface area contributed by atoms with Crippen LogP contribution in [0.4, 0.5) is 5.69 Å². The largest absolute Gasteiger partial charge is 0.468 e. The summed E-state index contributed by atoms with van der Waals surface area (Å²) in [5, 5.41) is 3.21. The number of hydrogen-bond acceptors (Lipinski definition) is 4. The van der Waals surface area contributed by atoms with Crippen molar-refractivity contribution in [2.45, 2.75) is 32.7 Å². The minimum atomic E-state index is -0.266. The molecule has 1 atom stereocenters. The first kappa shape index (κ1) is 14.9. The molecule has 0 radical (unpaired) electrons. The van der Waals surface area contributed by atoms with Crippen molar-refractivity contribution in [2.75, 3.05) is 31.6 Å². The predicted octanol–water partition coefficient (Wildman–Crippen LogP) is 1.90. The third kappa shape index (κ3) is 3.31. The summed E-state index contributed by atoms with van der Waals surface area (Å²) in [7, 11) is 1.44. The van der Waals surface area contributed by atoms with Crippen LogP contribution in [0.15, 0.2) is 18.2 Å². The molecule has 0 saturated carbocycles. The van der Waals surface area contributed by atoms with Crippen LogP contribution >= 0.6 is 0 Å². The first-order valence-electron chi connectivity index (χ1n) is 7.31. The number of aryl methyl sites for hydroxylation is 2. The normalized spacial score (nSPS) is 15.7. The zero-order valence-electron chi connectivity index (χ0n) is 12.6. The number of nitrogens with zero attached hydrogens (tertiary/aromatic N) is 1. The summed E-state index contributed by atoms with van der Waals surface area (Å²) in [4.78, 5) is 14.1. The summed E-state index contributed by atoms with van der Waals surface area (Å²) in [6.45, 7) is 6.54. The van der Waals surface area contributed by atoms with Crippen LogP contribution in [-0.2, 0) is 16.0 Å². The van der Waals surface area contributed by atoms with E-state index in [1.54, 1.807) is 0 Å². The molecular weight excluding hydrogens is 252 g/mol. The molecule has 4 heteroatoms. The van der Waals surface area contributed by atoms with Crippen LogP contribution in [0.3, 0.4) is 0 Å². The van der Waals surface area contributed by atoms with Gasteiger partial charge in [-0.15, -0.1) is 0 Å². The van der Waals surface area contributed by atoms with Crippen molar-refractivity contribution in [1.29, 1.82) is 0 Å². The number of nitrogens with one attached hydrogen (secondary N) is 1. The lowest BCUT2D eigenvalue weighted by Gasteiger charge is -2.33. The molecule has 1 aromatic carbocycles. The van der Waals surface area contributed by atoms with E-state index in [4.69, 9.17) is 4.74 Å². The molecule has 2 rings (SSSR count). The number of esters is 1. The first-order chi connectivity index (χ1) is 9.65. The molecule has 1 aliphatic heterocycles. The van der Waals surface area contributed by atoms with Crippen molar-refractivity contribution >= 4 is 11.7 Å². The van der Waals surface area contributed by atoms with E-state index >= 15 is 0 Å². The number of carbonyl (C=O) groups excluding carboxylic acids is 1. The van der Waals surface area contributed by atoms with Crippen molar-refractivity contribution in [3.05, 3.63) is 29.3 Å². The van der Waals surface area contributed by atoms with E-state index in [0.29, 0.717) is 6.54 Å². The van der Waals surface area contributed by atoms with Crippen LogP contribution in [0, 0.1) is 6.92 Å². The van der Waals surface area contributed by atoms with Crippen molar-refractivity contribution in [1.82, 2.24) is 5.32 Å². The molecule has 20 heavy (non-hydrogen) atoms. The van der Waals surface area contributed by atoms with Gasteiger partial charge in [0, 0.05) is 18.8 Å². The van der Waals surface area contributed by atoms with Gasteiger partial charge >= 0.3 is 5.97 Å². The molecule has 0 fully saturated rings. The predicted molar refractivity (Wildman–Crippen MR) is 81.2 cm³/mol. The van der Waals surface area contributed by atoms with Gasteiger partial charge in [-0.3, -0.25) is 4.79 Å². The molecule has 1 aromatic rings. The fourth-order valence-corrected chi connectivity index (χ4v) is 2.82. The van der Waals surface area contributed by atoms with Crippen molar-refractivity contribution in [2.24, 2.45) is 0 Å². The van der Waals surface area contributed by atoms with E-state index in [1.165, 1.54) is 23.9 Å². The maximum absolute atomic E-state index is 11.8. The monoisotopic (exact) mass is 276 g/mol. The van der Waals surface area contributed by atoms with Gasteiger partial charge in [-0.2, -0.15) is 0 Å². The number of carbonyl (C=O) groups is 1. The standard InChI is InChI=1S/C16H24N2O2/c1-4-17-14(16(19)20-3)11-18-9-5-6-13-10-12(2)7-8-15(13)18/h7-8,10,14,17H,4-6,9,11H2,1-3H3. The summed E-state index contributed by atoms with van der Waals surface area (Å²) in [6.07, 6.45) is 2.26. The molecular formula is C16H24N2O2. The second-order valence-corrected chi connectivity index (χ2v) is 5.32. The Morgan fingerprint density at radius 2 is 2.30 bits per heavy atom. The van der Waals surface area contributed by atoms with Gasteiger partial charge in [0.25, 0.3) is 0 Å². The van der Waals surface area contributed by atoms with Gasteiger partial charge in [0.15, 0.2) is 0 Å². The molecule has 0 spiro atoms. The fraction of sp³-hybridized carbons (Fsp3) is 0.562. The molecule has 1 aliphatic rings. The van der Waals surface area contributed by atoms with Gasteiger partial charge in [0.2, 0.25) is 0 Å². The number of ether oxygens (including phenoxy) is 1. The fourth-order valence-electron chi connectivity index (χ4n) is 2.82.